The van der Waals surface area contributed by atoms with E-state index in [0.717, 1.165) is 0 Å². The number of carbonyl (C=O) groups excluding carboxylic acids is 1. The summed E-state index contributed by atoms with van der Waals surface area (Å²) < 4.78 is 4.73. The Kier molecular flexibility index (Phi) is 2.24. The number of ether oxygens (including phenoxy) is 1. The van der Waals surface area contributed by atoms with E-state index in [1.54, 1.807) is 0 Å². The van der Waals surface area contributed by atoms with Crippen molar-refractivity contribution in [1.29, 1.82) is 0 Å². The Balaban J connectivity index is 2.41. The van der Waals surface area contributed by atoms with Gasteiger partial charge in [-0.2, -0.15) is 0 Å². The molecule has 0 aromatic carbocycles. The Hall–Kier alpha value is -0.610. The molecular weight excluding hydrogens is 134 g/mol. The average molecular weight is 145 g/mol. The lowest BCUT2D eigenvalue weighted by molar-refractivity contribution is -0.158. The Morgan fingerprint density at radius 1 is 1.70 bits per heavy atom. The van der Waals surface area contributed by atoms with Gasteiger partial charge in [-0.25, -0.2) is 0 Å². The molecule has 0 saturated carbocycles. The summed E-state index contributed by atoms with van der Waals surface area (Å²) in [7, 11) is 0. The second-order valence-corrected chi connectivity index (χ2v) is 2.43. The first-order valence-corrected chi connectivity index (χ1v) is 3.31. The molecule has 2 unspecified atom stereocenters. The van der Waals surface area contributed by atoms with E-state index in [2.05, 4.69) is 0 Å². The number of hydrogen-bond acceptors (Lipinski definition) is 4. The predicted molar refractivity (Wildman–Crippen MR) is 34.2 cm³/mol. The highest BCUT2D eigenvalue weighted by Crippen LogP contribution is 2.12. The molecular formula is C6H11NO3. The molecule has 1 heterocycles. The van der Waals surface area contributed by atoms with Crippen molar-refractivity contribution in [3.8, 4) is 0 Å². The lowest BCUT2D eigenvalue weighted by Crippen LogP contribution is -2.41. The summed E-state index contributed by atoms with van der Waals surface area (Å²) in [6.07, 6.45) is 0.959. The van der Waals surface area contributed by atoms with Crippen LogP contribution >= 0.6 is 0 Å². The molecule has 0 radical (unpaired) electrons. The second kappa shape index (κ2) is 2.98. The van der Waals surface area contributed by atoms with Crippen LogP contribution in [0.2, 0.25) is 0 Å². The van der Waals surface area contributed by atoms with Crippen LogP contribution in [-0.4, -0.2) is 29.8 Å². The Morgan fingerprint density at radius 3 is 2.90 bits per heavy atom. The maximum atomic E-state index is 10.7. The number of hydrogen-bond donors (Lipinski definition) is 2. The maximum Gasteiger partial charge on any atom is 0.323 e. The Bertz CT molecular complexity index is 137. The van der Waals surface area contributed by atoms with Crippen molar-refractivity contribution < 1.29 is 14.6 Å². The predicted octanol–water partition coefficient (Wildman–Crippen LogP) is -0.988. The molecule has 0 aliphatic carbocycles. The van der Waals surface area contributed by atoms with Crippen LogP contribution in [0, 0.1) is 0 Å². The minimum atomic E-state index is -0.484. The largest absolute Gasteiger partial charge is 0.459 e. The molecule has 2 atom stereocenters. The minimum Gasteiger partial charge on any atom is -0.459 e. The molecule has 10 heavy (non-hydrogen) atoms. The van der Waals surface area contributed by atoms with E-state index >= 15 is 0 Å². The van der Waals surface area contributed by atoms with Crippen LogP contribution in [0.5, 0.6) is 0 Å². The van der Waals surface area contributed by atoms with Crippen molar-refractivity contribution in [1.82, 2.24) is 0 Å². The number of cyclic esters (lactones) is 1. The standard InChI is InChI=1S/C6H11NO3/c7-5-2-1-4(3-8)10-6(5)9/h4-5,8H,1-3,7H2. The van der Waals surface area contributed by atoms with Crippen molar-refractivity contribution in [2.45, 2.75) is 25.0 Å². The normalized spacial score (nSPS) is 33.6. The topological polar surface area (TPSA) is 72.6 Å². The highest BCUT2D eigenvalue weighted by Gasteiger charge is 2.26. The lowest BCUT2D eigenvalue weighted by Gasteiger charge is -2.24. The fraction of sp³-hybridized carbons (Fsp3) is 0.833. The van der Waals surface area contributed by atoms with Gasteiger partial charge in [0.2, 0.25) is 0 Å². The highest BCUT2D eigenvalue weighted by molar-refractivity contribution is 5.76. The van der Waals surface area contributed by atoms with Crippen molar-refractivity contribution in [2.75, 3.05) is 6.61 Å². The van der Waals surface area contributed by atoms with Gasteiger partial charge in [0.15, 0.2) is 0 Å². The second-order valence-electron chi connectivity index (χ2n) is 2.43. The van der Waals surface area contributed by atoms with E-state index in [1.165, 1.54) is 0 Å². The van der Waals surface area contributed by atoms with Gasteiger partial charge in [0.1, 0.15) is 12.1 Å². The lowest BCUT2D eigenvalue weighted by atomic mass is 10.1. The monoisotopic (exact) mass is 145 g/mol. The van der Waals surface area contributed by atoms with Crippen LogP contribution in [0.15, 0.2) is 0 Å². The molecule has 1 aliphatic heterocycles. The van der Waals surface area contributed by atoms with E-state index < -0.39 is 12.0 Å². The zero-order valence-electron chi connectivity index (χ0n) is 5.62. The summed E-state index contributed by atoms with van der Waals surface area (Å²) in [5.74, 6) is -0.398. The SMILES string of the molecule is NC1CCC(CO)OC1=O. The third kappa shape index (κ3) is 1.46. The molecule has 1 fully saturated rings. The fourth-order valence-electron chi connectivity index (χ4n) is 0.922. The van der Waals surface area contributed by atoms with E-state index in [-0.39, 0.29) is 12.7 Å². The first-order valence-electron chi connectivity index (χ1n) is 3.31. The quantitative estimate of drug-likeness (QED) is 0.465. The van der Waals surface area contributed by atoms with Gasteiger partial charge in [0.25, 0.3) is 0 Å². The van der Waals surface area contributed by atoms with Crippen LogP contribution in [0.25, 0.3) is 0 Å². The summed E-state index contributed by atoms with van der Waals surface area (Å²) in [6.45, 7) is -0.0987. The van der Waals surface area contributed by atoms with Gasteiger partial charge in [0.05, 0.1) is 6.61 Å². The molecule has 3 N–H and O–H groups in total. The summed E-state index contributed by atoms with van der Waals surface area (Å²) >= 11 is 0. The molecule has 1 aliphatic rings. The smallest absolute Gasteiger partial charge is 0.323 e. The van der Waals surface area contributed by atoms with Gasteiger partial charge in [-0.05, 0) is 12.8 Å². The summed E-state index contributed by atoms with van der Waals surface area (Å²) in [4.78, 5) is 10.7. The van der Waals surface area contributed by atoms with Gasteiger partial charge >= 0.3 is 5.97 Å². The molecule has 58 valence electrons. The van der Waals surface area contributed by atoms with Crippen molar-refractivity contribution in [3.63, 3.8) is 0 Å². The number of carbonyl (C=O) groups is 1. The fourth-order valence-corrected chi connectivity index (χ4v) is 0.922. The highest BCUT2D eigenvalue weighted by atomic mass is 16.6. The van der Waals surface area contributed by atoms with Gasteiger partial charge in [0, 0.05) is 0 Å². The Labute approximate surface area is 59.0 Å². The minimum absolute atomic E-state index is 0.0987. The van der Waals surface area contributed by atoms with Crippen molar-refractivity contribution >= 4 is 5.97 Å². The molecule has 0 bridgehead atoms. The molecule has 0 aromatic heterocycles. The first kappa shape index (κ1) is 7.50. The molecule has 0 aromatic rings. The van der Waals surface area contributed by atoms with E-state index in [0.29, 0.717) is 12.8 Å². The zero-order valence-corrected chi connectivity index (χ0v) is 5.62. The number of esters is 1. The molecule has 1 saturated heterocycles. The third-order valence-electron chi connectivity index (χ3n) is 1.59. The average Bonchev–Trinajstić information content (AvgIpc) is 1.95. The molecule has 4 heteroatoms. The van der Waals surface area contributed by atoms with Crippen molar-refractivity contribution in [2.24, 2.45) is 5.73 Å². The van der Waals surface area contributed by atoms with Gasteiger partial charge in [-0.3, -0.25) is 4.79 Å². The van der Waals surface area contributed by atoms with E-state index in [4.69, 9.17) is 15.6 Å². The summed E-state index contributed by atoms with van der Waals surface area (Å²) in [5.41, 5.74) is 5.34. The maximum absolute atomic E-state index is 10.7. The summed E-state index contributed by atoms with van der Waals surface area (Å²) in [5, 5.41) is 8.58. The molecule has 0 amide bonds. The van der Waals surface area contributed by atoms with Crippen molar-refractivity contribution in [3.05, 3.63) is 0 Å². The first-order chi connectivity index (χ1) is 4.74. The van der Waals surface area contributed by atoms with Crippen LogP contribution in [0.3, 0.4) is 0 Å². The van der Waals surface area contributed by atoms with Gasteiger partial charge in [-0.15, -0.1) is 0 Å². The van der Waals surface area contributed by atoms with Gasteiger partial charge in [-0.1, -0.05) is 0 Å². The van der Waals surface area contributed by atoms with E-state index in [9.17, 15) is 4.79 Å². The Morgan fingerprint density at radius 2 is 2.40 bits per heavy atom. The zero-order chi connectivity index (χ0) is 7.56. The van der Waals surface area contributed by atoms with Gasteiger partial charge < -0.3 is 15.6 Å². The van der Waals surface area contributed by atoms with E-state index in [1.807, 2.05) is 0 Å². The molecule has 0 spiro atoms. The summed E-state index contributed by atoms with van der Waals surface area (Å²) in [6, 6.07) is -0.484. The number of aliphatic hydroxyl groups is 1. The van der Waals surface area contributed by atoms with Crippen LogP contribution in [0.4, 0.5) is 0 Å². The third-order valence-corrected chi connectivity index (χ3v) is 1.59. The molecule has 4 nitrogen and oxygen atoms in total. The van der Waals surface area contributed by atoms with Crippen LogP contribution < -0.4 is 5.73 Å². The number of aliphatic hydroxyl groups excluding tert-OH is 1. The van der Waals surface area contributed by atoms with Crippen LogP contribution in [-0.2, 0) is 9.53 Å². The van der Waals surface area contributed by atoms with Crippen LogP contribution in [0.1, 0.15) is 12.8 Å². The number of nitrogens with two attached hydrogens (primary N) is 1. The number of rotatable bonds is 1. The molecule has 1 rings (SSSR count).